The summed E-state index contributed by atoms with van der Waals surface area (Å²) in [5.41, 5.74) is 0.984. The zero-order valence-corrected chi connectivity index (χ0v) is 18.3. The molecular weight excluding hydrogens is 425 g/mol. The van der Waals surface area contributed by atoms with Crippen LogP contribution in [-0.4, -0.2) is 41.9 Å². The molecule has 0 saturated carbocycles. The van der Waals surface area contributed by atoms with E-state index in [-0.39, 0.29) is 18.1 Å². The van der Waals surface area contributed by atoms with Crippen molar-refractivity contribution in [1.29, 1.82) is 0 Å². The topological polar surface area (TPSA) is 55.8 Å². The maximum Gasteiger partial charge on any atom is 0.226 e. The van der Waals surface area contributed by atoms with Crippen molar-refractivity contribution >= 4 is 34.9 Å². The third-order valence-corrected chi connectivity index (χ3v) is 6.24. The SMILES string of the molecule is Cc1ccc(OCCC(=O)N2CCC3(CC2)CC(=O)c2cc(Cl)cc(Cl)c2O3)cc1. The normalized spacial score (nSPS) is 17.4. The van der Waals surface area contributed by atoms with E-state index in [1.165, 1.54) is 0 Å². The second-order valence-electron chi connectivity index (χ2n) is 7.94. The molecule has 1 spiro atoms. The molecule has 30 heavy (non-hydrogen) atoms. The number of aryl methyl sites for hydroxylation is 1. The number of hydrogen-bond acceptors (Lipinski definition) is 4. The van der Waals surface area contributed by atoms with Crippen molar-refractivity contribution in [2.24, 2.45) is 0 Å². The summed E-state index contributed by atoms with van der Waals surface area (Å²) in [7, 11) is 0. The molecule has 0 unspecified atom stereocenters. The van der Waals surface area contributed by atoms with Crippen molar-refractivity contribution in [2.75, 3.05) is 19.7 Å². The molecule has 2 aromatic rings. The molecule has 1 amide bonds. The van der Waals surface area contributed by atoms with E-state index in [4.69, 9.17) is 32.7 Å². The van der Waals surface area contributed by atoms with E-state index < -0.39 is 5.60 Å². The van der Waals surface area contributed by atoms with Crippen LogP contribution in [0.25, 0.3) is 0 Å². The van der Waals surface area contributed by atoms with Crippen LogP contribution < -0.4 is 9.47 Å². The van der Waals surface area contributed by atoms with Gasteiger partial charge in [0.15, 0.2) is 5.78 Å². The minimum Gasteiger partial charge on any atom is -0.493 e. The quantitative estimate of drug-likeness (QED) is 0.654. The molecule has 0 radical (unpaired) electrons. The fourth-order valence-electron chi connectivity index (χ4n) is 4.00. The van der Waals surface area contributed by atoms with Gasteiger partial charge in [0, 0.05) is 31.0 Å². The molecular formula is C23H23Cl2NO4. The van der Waals surface area contributed by atoms with Crippen LogP contribution in [0, 0.1) is 6.92 Å². The van der Waals surface area contributed by atoms with E-state index in [0.29, 0.717) is 60.3 Å². The zero-order valence-electron chi connectivity index (χ0n) is 16.7. The second-order valence-corrected chi connectivity index (χ2v) is 8.79. The van der Waals surface area contributed by atoms with Gasteiger partial charge in [-0.05, 0) is 31.2 Å². The van der Waals surface area contributed by atoms with Gasteiger partial charge in [-0.2, -0.15) is 0 Å². The molecule has 0 aromatic heterocycles. The highest BCUT2D eigenvalue weighted by Gasteiger charge is 2.44. The van der Waals surface area contributed by atoms with Crippen LogP contribution >= 0.6 is 23.2 Å². The van der Waals surface area contributed by atoms with E-state index in [9.17, 15) is 9.59 Å². The third kappa shape index (κ3) is 4.42. The van der Waals surface area contributed by atoms with Gasteiger partial charge in [0.25, 0.3) is 0 Å². The number of Topliss-reactive ketones (excluding diaryl/α,β-unsaturated/α-hetero) is 1. The minimum atomic E-state index is -0.614. The van der Waals surface area contributed by atoms with E-state index in [1.807, 2.05) is 36.1 Å². The average Bonchev–Trinajstić information content (AvgIpc) is 2.71. The number of likely N-dealkylation sites (tertiary alicyclic amines) is 1. The van der Waals surface area contributed by atoms with Crippen molar-refractivity contribution in [1.82, 2.24) is 4.90 Å². The number of ether oxygens (including phenoxy) is 2. The van der Waals surface area contributed by atoms with Crippen molar-refractivity contribution in [3.63, 3.8) is 0 Å². The number of halogens is 2. The van der Waals surface area contributed by atoms with Crippen molar-refractivity contribution < 1.29 is 19.1 Å². The van der Waals surface area contributed by atoms with Gasteiger partial charge >= 0.3 is 0 Å². The molecule has 158 valence electrons. The van der Waals surface area contributed by atoms with Gasteiger partial charge < -0.3 is 14.4 Å². The van der Waals surface area contributed by atoms with Crippen LogP contribution in [0.3, 0.4) is 0 Å². The second kappa shape index (κ2) is 8.48. The number of rotatable bonds is 4. The van der Waals surface area contributed by atoms with Gasteiger partial charge in [-0.15, -0.1) is 0 Å². The Morgan fingerprint density at radius 3 is 2.57 bits per heavy atom. The maximum absolute atomic E-state index is 12.7. The largest absolute Gasteiger partial charge is 0.493 e. The fourth-order valence-corrected chi connectivity index (χ4v) is 4.53. The Balaban J connectivity index is 1.32. The summed E-state index contributed by atoms with van der Waals surface area (Å²) >= 11 is 12.3. The van der Waals surface area contributed by atoms with Gasteiger partial charge in [-0.3, -0.25) is 9.59 Å². The van der Waals surface area contributed by atoms with Crippen LogP contribution in [0.1, 0.15) is 41.6 Å². The molecule has 4 rings (SSSR count). The van der Waals surface area contributed by atoms with Crippen molar-refractivity contribution in [3.8, 4) is 11.5 Å². The van der Waals surface area contributed by atoms with E-state index in [0.717, 1.165) is 11.3 Å². The monoisotopic (exact) mass is 447 g/mol. The number of carbonyl (C=O) groups is 2. The predicted molar refractivity (Wildman–Crippen MR) is 116 cm³/mol. The number of hydrogen-bond donors (Lipinski definition) is 0. The molecule has 2 aliphatic heterocycles. The maximum atomic E-state index is 12.7. The van der Waals surface area contributed by atoms with Gasteiger partial charge in [0.05, 0.1) is 30.0 Å². The summed E-state index contributed by atoms with van der Waals surface area (Å²) in [4.78, 5) is 27.1. The Hall–Kier alpha value is -2.24. The number of piperidine rings is 1. The summed E-state index contributed by atoms with van der Waals surface area (Å²) in [6.07, 6.45) is 1.76. The van der Waals surface area contributed by atoms with Gasteiger partial charge in [-0.25, -0.2) is 0 Å². The molecule has 2 heterocycles. The van der Waals surface area contributed by atoms with Gasteiger partial charge in [0.2, 0.25) is 5.91 Å². The third-order valence-electron chi connectivity index (χ3n) is 5.74. The van der Waals surface area contributed by atoms with Crippen molar-refractivity contribution in [3.05, 3.63) is 57.6 Å². The summed E-state index contributed by atoms with van der Waals surface area (Å²) < 4.78 is 11.9. The highest BCUT2D eigenvalue weighted by molar-refractivity contribution is 6.36. The summed E-state index contributed by atoms with van der Waals surface area (Å²) in [5.74, 6) is 1.19. The number of amides is 1. The lowest BCUT2D eigenvalue weighted by molar-refractivity contribution is -0.135. The first-order chi connectivity index (χ1) is 14.3. The Kier molecular flexibility index (Phi) is 5.94. The summed E-state index contributed by atoms with van der Waals surface area (Å²) in [5, 5.41) is 0.761. The van der Waals surface area contributed by atoms with Crippen LogP contribution in [0.4, 0.5) is 0 Å². The Labute approximate surface area is 185 Å². The molecule has 5 nitrogen and oxygen atoms in total. The van der Waals surface area contributed by atoms with Crippen molar-refractivity contribution in [2.45, 2.75) is 38.2 Å². The summed E-state index contributed by atoms with van der Waals surface area (Å²) in [6.45, 7) is 3.43. The number of carbonyl (C=O) groups excluding carboxylic acids is 2. The van der Waals surface area contributed by atoms with Gasteiger partial charge in [0.1, 0.15) is 17.1 Å². The molecule has 1 fully saturated rings. The molecule has 0 bridgehead atoms. The number of ketones is 1. The highest BCUT2D eigenvalue weighted by atomic mass is 35.5. The molecule has 0 N–H and O–H groups in total. The molecule has 0 atom stereocenters. The van der Waals surface area contributed by atoms with Crippen LogP contribution in [-0.2, 0) is 4.79 Å². The lowest BCUT2D eigenvalue weighted by atomic mass is 9.82. The molecule has 2 aliphatic rings. The highest BCUT2D eigenvalue weighted by Crippen LogP contribution is 2.44. The first-order valence-electron chi connectivity index (χ1n) is 10.0. The first-order valence-corrected chi connectivity index (χ1v) is 10.8. The Bertz CT molecular complexity index is 966. The predicted octanol–water partition coefficient (Wildman–Crippen LogP) is 5.10. The fraction of sp³-hybridized carbons (Fsp3) is 0.391. The number of benzene rings is 2. The van der Waals surface area contributed by atoms with Crippen LogP contribution in [0.5, 0.6) is 11.5 Å². The van der Waals surface area contributed by atoms with Crippen LogP contribution in [0.2, 0.25) is 10.0 Å². The lowest BCUT2D eigenvalue weighted by Crippen LogP contribution is -2.52. The first kappa shape index (κ1) is 21.0. The zero-order chi connectivity index (χ0) is 21.3. The van der Waals surface area contributed by atoms with E-state index in [2.05, 4.69) is 0 Å². The molecule has 0 aliphatic carbocycles. The molecule has 1 saturated heterocycles. The Morgan fingerprint density at radius 2 is 1.87 bits per heavy atom. The number of nitrogens with zero attached hydrogens (tertiary/aromatic N) is 1. The Morgan fingerprint density at radius 1 is 1.17 bits per heavy atom. The van der Waals surface area contributed by atoms with E-state index in [1.54, 1.807) is 12.1 Å². The standard InChI is InChI=1S/C23H23Cl2NO4/c1-15-2-4-17(5-3-15)29-11-6-21(28)26-9-7-23(8-10-26)14-20(27)18-12-16(24)13-19(25)22(18)30-23/h2-5,12-13H,6-11,14H2,1H3. The number of fused-ring (bicyclic) bond motifs is 1. The summed E-state index contributed by atoms with van der Waals surface area (Å²) in [6, 6.07) is 10.9. The van der Waals surface area contributed by atoms with Crippen LogP contribution in [0.15, 0.2) is 36.4 Å². The average molecular weight is 448 g/mol. The minimum absolute atomic E-state index is 0.0214. The molecule has 2 aromatic carbocycles. The smallest absolute Gasteiger partial charge is 0.226 e. The van der Waals surface area contributed by atoms with Gasteiger partial charge in [-0.1, -0.05) is 40.9 Å². The lowest BCUT2D eigenvalue weighted by Gasteiger charge is -2.44. The van der Waals surface area contributed by atoms with E-state index >= 15 is 0 Å². The molecule has 7 heteroatoms.